The Hall–Kier alpha value is -1.66. The van der Waals surface area contributed by atoms with Gasteiger partial charge in [-0.05, 0) is 25.0 Å². The number of nitrogens with one attached hydrogen (secondary N) is 1. The first kappa shape index (κ1) is 14.3. The number of halogens is 2. The SMILES string of the molecule is Fc1c(Cl)cccc1OCCn1cc(CNC2CC2)nn1. The summed E-state index contributed by atoms with van der Waals surface area (Å²) in [4.78, 5) is 0. The molecule has 0 aliphatic heterocycles. The normalized spacial score (nSPS) is 14.4. The quantitative estimate of drug-likeness (QED) is 0.853. The predicted octanol–water partition coefficient (Wildman–Crippen LogP) is 2.40. The molecule has 1 aliphatic rings. The highest BCUT2D eigenvalue weighted by molar-refractivity contribution is 6.30. The van der Waals surface area contributed by atoms with Crippen molar-refractivity contribution in [1.82, 2.24) is 20.3 Å². The molecule has 1 aromatic heterocycles. The molecule has 0 spiro atoms. The second kappa shape index (κ2) is 6.41. The van der Waals surface area contributed by atoms with Crippen molar-refractivity contribution in [1.29, 1.82) is 0 Å². The summed E-state index contributed by atoms with van der Waals surface area (Å²) < 4.78 is 20.7. The van der Waals surface area contributed by atoms with E-state index in [1.165, 1.54) is 18.9 Å². The fraction of sp³-hybridized carbons (Fsp3) is 0.429. The number of nitrogens with zero attached hydrogens (tertiary/aromatic N) is 3. The minimum atomic E-state index is -0.535. The first-order chi connectivity index (χ1) is 10.2. The van der Waals surface area contributed by atoms with Gasteiger partial charge in [0.25, 0.3) is 0 Å². The first-order valence-corrected chi connectivity index (χ1v) is 7.29. The number of aromatic nitrogens is 3. The van der Waals surface area contributed by atoms with Gasteiger partial charge in [0, 0.05) is 18.8 Å². The van der Waals surface area contributed by atoms with Gasteiger partial charge >= 0.3 is 0 Å². The lowest BCUT2D eigenvalue weighted by atomic mass is 10.3. The molecule has 5 nitrogen and oxygen atoms in total. The molecule has 0 unspecified atom stereocenters. The molecule has 0 bridgehead atoms. The monoisotopic (exact) mass is 310 g/mol. The van der Waals surface area contributed by atoms with E-state index in [-0.39, 0.29) is 10.8 Å². The molecular formula is C14H16ClFN4O. The van der Waals surface area contributed by atoms with E-state index >= 15 is 0 Å². The zero-order valence-electron chi connectivity index (χ0n) is 11.4. The largest absolute Gasteiger partial charge is 0.489 e. The van der Waals surface area contributed by atoms with Crippen molar-refractivity contribution < 1.29 is 9.13 Å². The Kier molecular flexibility index (Phi) is 4.36. The van der Waals surface area contributed by atoms with Crippen LogP contribution in [0.1, 0.15) is 18.5 Å². The van der Waals surface area contributed by atoms with Gasteiger partial charge in [-0.25, -0.2) is 9.07 Å². The summed E-state index contributed by atoms with van der Waals surface area (Å²) in [6.07, 6.45) is 4.35. The molecule has 0 amide bonds. The lowest BCUT2D eigenvalue weighted by molar-refractivity contribution is 0.277. The Bertz CT molecular complexity index is 615. The lowest BCUT2D eigenvalue weighted by Gasteiger charge is -2.07. The van der Waals surface area contributed by atoms with E-state index in [0.717, 1.165) is 12.2 Å². The van der Waals surface area contributed by atoms with E-state index < -0.39 is 5.82 Å². The molecule has 7 heteroatoms. The summed E-state index contributed by atoms with van der Waals surface area (Å²) in [5.74, 6) is -0.384. The van der Waals surface area contributed by atoms with Crippen molar-refractivity contribution in [3.05, 3.63) is 40.9 Å². The molecule has 1 heterocycles. The third-order valence-electron chi connectivity index (χ3n) is 3.23. The summed E-state index contributed by atoms with van der Waals surface area (Å²) in [5.41, 5.74) is 0.899. The maximum absolute atomic E-state index is 13.6. The first-order valence-electron chi connectivity index (χ1n) is 6.91. The zero-order valence-corrected chi connectivity index (χ0v) is 12.2. The maximum Gasteiger partial charge on any atom is 0.183 e. The van der Waals surface area contributed by atoms with Crippen LogP contribution in [-0.2, 0) is 13.1 Å². The summed E-state index contributed by atoms with van der Waals surface area (Å²) >= 11 is 5.69. The van der Waals surface area contributed by atoms with Crippen LogP contribution < -0.4 is 10.1 Å². The number of hydrogen-bond acceptors (Lipinski definition) is 4. The lowest BCUT2D eigenvalue weighted by Crippen LogP contribution is -2.15. The predicted molar refractivity (Wildman–Crippen MR) is 76.8 cm³/mol. The molecule has 1 N–H and O–H groups in total. The minimum Gasteiger partial charge on any atom is -0.489 e. The highest BCUT2D eigenvalue weighted by Gasteiger charge is 2.20. The van der Waals surface area contributed by atoms with Crippen molar-refractivity contribution in [3.63, 3.8) is 0 Å². The molecule has 2 aromatic rings. The van der Waals surface area contributed by atoms with Crippen molar-refractivity contribution in [2.45, 2.75) is 32.0 Å². The average Bonchev–Trinajstić information content (AvgIpc) is 3.20. The zero-order chi connectivity index (χ0) is 14.7. The van der Waals surface area contributed by atoms with Gasteiger partial charge in [-0.1, -0.05) is 22.9 Å². The van der Waals surface area contributed by atoms with Gasteiger partial charge < -0.3 is 10.1 Å². The fourth-order valence-electron chi connectivity index (χ4n) is 1.91. The summed E-state index contributed by atoms with van der Waals surface area (Å²) in [6, 6.07) is 5.33. The van der Waals surface area contributed by atoms with Gasteiger partial charge in [0.15, 0.2) is 11.6 Å². The van der Waals surface area contributed by atoms with Gasteiger partial charge in [-0.3, -0.25) is 0 Å². The number of hydrogen-bond donors (Lipinski definition) is 1. The third kappa shape index (κ3) is 3.92. The van der Waals surface area contributed by atoms with Gasteiger partial charge in [0.05, 0.1) is 17.3 Å². The fourth-order valence-corrected chi connectivity index (χ4v) is 2.08. The second-order valence-electron chi connectivity index (χ2n) is 5.03. The minimum absolute atomic E-state index is 0.0571. The number of ether oxygens (including phenoxy) is 1. The van der Waals surface area contributed by atoms with Crippen LogP contribution in [0.25, 0.3) is 0 Å². The van der Waals surface area contributed by atoms with Crippen LogP contribution >= 0.6 is 11.6 Å². The van der Waals surface area contributed by atoms with Gasteiger partial charge in [-0.15, -0.1) is 5.10 Å². The second-order valence-corrected chi connectivity index (χ2v) is 5.44. The maximum atomic E-state index is 13.6. The van der Waals surface area contributed by atoms with Gasteiger partial charge in [0.2, 0.25) is 0 Å². The van der Waals surface area contributed by atoms with Crippen molar-refractivity contribution in [2.24, 2.45) is 0 Å². The Balaban J connectivity index is 1.47. The van der Waals surface area contributed by atoms with Crippen LogP contribution in [0.3, 0.4) is 0 Å². The van der Waals surface area contributed by atoms with Crippen molar-refractivity contribution in [2.75, 3.05) is 6.61 Å². The molecular weight excluding hydrogens is 295 g/mol. The van der Waals surface area contributed by atoms with E-state index in [0.29, 0.717) is 19.2 Å². The standard InChI is InChI=1S/C14H16ClFN4O/c15-12-2-1-3-13(14(12)16)21-7-6-20-9-11(18-19-20)8-17-10-4-5-10/h1-3,9-10,17H,4-8H2. The molecule has 21 heavy (non-hydrogen) atoms. The van der Waals surface area contributed by atoms with Gasteiger partial charge in [0.1, 0.15) is 6.61 Å². The molecule has 0 saturated heterocycles. The molecule has 1 aliphatic carbocycles. The molecule has 1 aromatic carbocycles. The molecule has 1 fully saturated rings. The highest BCUT2D eigenvalue weighted by Crippen LogP contribution is 2.23. The van der Waals surface area contributed by atoms with Crippen LogP contribution in [0.4, 0.5) is 4.39 Å². The Labute approximate surface area is 127 Å². The highest BCUT2D eigenvalue weighted by atomic mass is 35.5. The van der Waals surface area contributed by atoms with Crippen LogP contribution in [0, 0.1) is 5.82 Å². The molecule has 3 rings (SSSR count). The number of benzene rings is 1. The van der Waals surface area contributed by atoms with E-state index in [4.69, 9.17) is 16.3 Å². The van der Waals surface area contributed by atoms with Crippen LogP contribution in [0.5, 0.6) is 5.75 Å². The van der Waals surface area contributed by atoms with Crippen LogP contribution in [-0.4, -0.2) is 27.6 Å². The Morgan fingerprint density at radius 1 is 1.43 bits per heavy atom. The summed E-state index contributed by atoms with van der Waals surface area (Å²) in [5, 5.41) is 11.5. The van der Waals surface area contributed by atoms with E-state index in [2.05, 4.69) is 15.6 Å². The summed E-state index contributed by atoms with van der Waals surface area (Å²) in [7, 11) is 0. The molecule has 0 radical (unpaired) electrons. The average molecular weight is 311 g/mol. The topological polar surface area (TPSA) is 52.0 Å². The van der Waals surface area contributed by atoms with E-state index in [9.17, 15) is 4.39 Å². The van der Waals surface area contributed by atoms with Crippen LogP contribution in [0.2, 0.25) is 5.02 Å². The van der Waals surface area contributed by atoms with E-state index in [1.807, 2.05) is 6.20 Å². The number of rotatable bonds is 7. The molecule has 1 saturated carbocycles. The smallest absolute Gasteiger partial charge is 0.183 e. The molecule has 0 atom stereocenters. The molecule has 112 valence electrons. The van der Waals surface area contributed by atoms with Gasteiger partial charge in [-0.2, -0.15) is 0 Å². The summed E-state index contributed by atoms with van der Waals surface area (Å²) in [6.45, 7) is 1.53. The third-order valence-corrected chi connectivity index (χ3v) is 3.52. The van der Waals surface area contributed by atoms with E-state index in [1.54, 1.807) is 16.8 Å². The Morgan fingerprint density at radius 2 is 2.29 bits per heavy atom. The van der Waals surface area contributed by atoms with Crippen LogP contribution in [0.15, 0.2) is 24.4 Å². The van der Waals surface area contributed by atoms with Crippen molar-refractivity contribution in [3.8, 4) is 5.75 Å². The Morgan fingerprint density at radius 3 is 3.10 bits per heavy atom. The van der Waals surface area contributed by atoms with Crippen molar-refractivity contribution >= 4 is 11.6 Å².